The van der Waals surface area contributed by atoms with Crippen molar-refractivity contribution in [1.29, 1.82) is 0 Å². The molecule has 31 heavy (non-hydrogen) atoms. The lowest BCUT2D eigenvalue weighted by atomic mass is 10.1. The van der Waals surface area contributed by atoms with Crippen molar-refractivity contribution < 1.29 is 19.1 Å². The molecular formula is C24H24N2O4S. The molecule has 0 fully saturated rings. The largest absolute Gasteiger partial charge is 0.497 e. The molecule has 3 rings (SSSR count). The second-order valence-corrected chi connectivity index (χ2v) is 8.49. The fraction of sp³-hybridized carbons (Fsp3) is 0.208. The van der Waals surface area contributed by atoms with Gasteiger partial charge in [-0.3, -0.25) is 14.4 Å². The molecule has 3 aromatic rings. The number of thiophene rings is 1. The molecule has 160 valence electrons. The second kappa shape index (κ2) is 10.0. The highest BCUT2D eigenvalue weighted by atomic mass is 32.1. The van der Waals surface area contributed by atoms with Crippen molar-refractivity contribution in [3.8, 4) is 5.75 Å². The van der Waals surface area contributed by atoms with Crippen LogP contribution >= 0.6 is 11.3 Å². The van der Waals surface area contributed by atoms with Gasteiger partial charge in [-0.2, -0.15) is 0 Å². The maximum absolute atomic E-state index is 12.8. The van der Waals surface area contributed by atoms with E-state index in [4.69, 9.17) is 4.74 Å². The molecule has 6 nitrogen and oxygen atoms in total. The van der Waals surface area contributed by atoms with E-state index in [-0.39, 0.29) is 30.4 Å². The normalized spacial score (nSPS) is 10.4. The molecular weight excluding hydrogens is 412 g/mol. The first-order chi connectivity index (χ1) is 14.9. The van der Waals surface area contributed by atoms with Crippen LogP contribution in [0.3, 0.4) is 0 Å². The Morgan fingerprint density at radius 1 is 0.903 bits per heavy atom. The van der Waals surface area contributed by atoms with Crippen LogP contribution in [-0.2, 0) is 4.79 Å². The first-order valence-corrected chi connectivity index (χ1v) is 10.6. The molecule has 2 aromatic carbocycles. The quantitative estimate of drug-likeness (QED) is 0.474. The summed E-state index contributed by atoms with van der Waals surface area (Å²) in [7, 11) is 1.55. The van der Waals surface area contributed by atoms with Crippen LogP contribution in [0.15, 0.2) is 54.6 Å². The third-order valence-corrected chi connectivity index (χ3v) is 5.66. The molecule has 0 aliphatic rings. The zero-order chi connectivity index (χ0) is 22.4. The highest BCUT2D eigenvalue weighted by molar-refractivity contribution is 7.12. The lowest BCUT2D eigenvalue weighted by Crippen LogP contribution is -2.18. The number of methoxy groups -OCH3 is 1. The number of ketones is 1. The SMILES string of the molecule is COc1cccc(NC(=O)c2ccccc2NC(=O)CCC(=O)c2cc(C)sc2C)c1. The van der Waals surface area contributed by atoms with E-state index in [2.05, 4.69) is 10.6 Å². The zero-order valence-electron chi connectivity index (χ0n) is 17.7. The van der Waals surface area contributed by atoms with Gasteiger partial charge in [0, 0.05) is 39.9 Å². The number of aryl methyl sites for hydroxylation is 2. The Morgan fingerprint density at radius 2 is 1.68 bits per heavy atom. The molecule has 0 radical (unpaired) electrons. The molecule has 2 N–H and O–H groups in total. The predicted molar refractivity (Wildman–Crippen MR) is 123 cm³/mol. The topological polar surface area (TPSA) is 84.5 Å². The van der Waals surface area contributed by atoms with Gasteiger partial charge in [0.1, 0.15) is 5.75 Å². The Kier molecular flexibility index (Phi) is 7.20. The van der Waals surface area contributed by atoms with E-state index >= 15 is 0 Å². The highest BCUT2D eigenvalue weighted by Gasteiger charge is 2.16. The van der Waals surface area contributed by atoms with Crippen LogP contribution in [-0.4, -0.2) is 24.7 Å². The molecule has 1 heterocycles. The second-order valence-electron chi connectivity index (χ2n) is 7.03. The average molecular weight is 437 g/mol. The molecule has 2 amide bonds. The minimum absolute atomic E-state index is 0.0407. The van der Waals surface area contributed by atoms with Crippen molar-refractivity contribution in [3.63, 3.8) is 0 Å². The van der Waals surface area contributed by atoms with Gasteiger partial charge >= 0.3 is 0 Å². The van der Waals surface area contributed by atoms with Gasteiger partial charge in [-0.1, -0.05) is 18.2 Å². The van der Waals surface area contributed by atoms with Crippen LogP contribution in [0.25, 0.3) is 0 Å². The smallest absolute Gasteiger partial charge is 0.257 e. The van der Waals surface area contributed by atoms with Gasteiger partial charge in [-0.25, -0.2) is 0 Å². The van der Waals surface area contributed by atoms with E-state index in [1.807, 2.05) is 19.9 Å². The Hall–Kier alpha value is -3.45. The molecule has 0 aliphatic heterocycles. The van der Waals surface area contributed by atoms with E-state index in [0.717, 1.165) is 9.75 Å². The number of rotatable bonds is 8. The molecule has 0 saturated carbocycles. The van der Waals surface area contributed by atoms with Crippen molar-refractivity contribution in [2.75, 3.05) is 17.7 Å². The van der Waals surface area contributed by atoms with E-state index in [9.17, 15) is 14.4 Å². The van der Waals surface area contributed by atoms with Crippen molar-refractivity contribution in [2.45, 2.75) is 26.7 Å². The summed E-state index contributed by atoms with van der Waals surface area (Å²) in [6.07, 6.45) is 0.153. The third-order valence-electron chi connectivity index (χ3n) is 4.69. The molecule has 0 aliphatic carbocycles. The first kappa shape index (κ1) is 22.2. The number of carbonyl (C=O) groups excluding carboxylic acids is 3. The van der Waals surface area contributed by atoms with Gasteiger partial charge in [-0.15, -0.1) is 11.3 Å². The molecule has 0 saturated heterocycles. The van der Waals surface area contributed by atoms with Crippen LogP contribution < -0.4 is 15.4 Å². The Labute approximate surface area is 185 Å². The number of amides is 2. The Bertz CT molecular complexity index is 1120. The van der Waals surface area contributed by atoms with Gasteiger partial charge in [0.25, 0.3) is 5.91 Å². The fourth-order valence-corrected chi connectivity index (χ4v) is 4.11. The lowest BCUT2D eigenvalue weighted by molar-refractivity contribution is -0.116. The van der Waals surface area contributed by atoms with Crippen molar-refractivity contribution in [1.82, 2.24) is 0 Å². The summed E-state index contributed by atoms with van der Waals surface area (Å²) in [5.74, 6) is -0.106. The number of hydrogen-bond acceptors (Lipinski definition) is 5. The summed E-state index contributed by atoms with van der Waals surface area (Å²) in [5, 5.41) is 5.56. The van der Waals surface area contributed by atoms with E-state index in [1.54, 1.807) is 67.0 Å². The maximum Gasteiger partial charge on any atom is 0.257 e. The third kappa shape index (κ3) is 5.79. The molecule has 0 atom stereocenters. The van der Waals surface area contributed by atoms with Gasteiger partial charge in [0.2, 0.25) is 5.91 Å². The minimum atomic E-state index is -0.357. The standard InChI is InChI=1S/C24H24N2O4S/c1-15-13-20(16(2)31-15)22(27)11-12-23(28)26-21-10-5-4-9-19(21)24(29)25-17-7-6-8-18(14-17)30-3/h4-10,13-14H,11-12H2,1-3H3,(H,25,29)(H,26,28). The summed E-state index contributed by atoms with van der Waals surface area (Å²) < 4.78 is 5.17. The van der Waals surface area contributed by atoms with Crippen molar-refractivity contribution >= 4 is 40.3 Å². The summed E-state index contributed by atoms with van der Waals surface area (Å²) in [5.41, 5.74) is 1.98. The molecule has 7 heteroatoms. The summed E-state index contributed by atoms with van der Waals surface area (Å²) >= 11 is 1.57. The van der Waals surface area contributed by atoms with Gasteiger partial charge < -0.3 is 15.4 Å². The van der Waals surface area contributed by atoms with Crippen molar-refractivity contribution in [2.24, 2.45) is 0 Å². The number of hydrogen-bond donors (Lipinski definition) is 2. The highest BCUT2D eigenvalue weighted by Crippen LogP contribution is 2.23. The number of benzene rings is 2. The molecule has 0 unspecified atom stereocenters. The van der Waals surface area contributed by atoms with Crippen LogP contribution in [0.1, 0.15) is 43.3 Å². The number of Topliss-reactive ketones (excluding diaryl/α,β-unsaturated/α-hetero) is 1. The van der Waals surface area contributed by atoms with E-state index < -0.39 is 0 Å². The van der Waals surface area contributed by atoms with Crippen LogP contribution in [0.4, 0.5) is 11.4 Å². The molecule has 1 aromatic heterocycles. The Balaban J connectivity index is 1.64. The van der Waals surface area contributed by atoms with Gasteiger partial charge in [0.15, 0.2) is 5.78 Å². The van der Waals surface area contributed by atoms with E-state index in [0.29, 0.717) is 28.3 Å². The monoisotopic (exact) mass is 436 g/mol. The molecule has 0 bridgehead atoms. The number of ether oxygens (including phenoxy) is 1. The zero-order valence-corrected chi connectivity index (χ0v) is 18.5. The fourth-order valence-electron chi connectivity index (χ4n) is 3.17. The van der Waals surface area contributed by atoms with Crippen LogP contribution in [0, 0.1) is 13.8 Å². The van der Waals surface area contributed by atoms with E-state index in [1.165, 1.54) is 0 Å². The predicted octanol–water partition coefficient (Wildman–Crippen LogP) is 5.23. The summed E-state index contributed by atoms with van der Waals surface area (Å²) in [4.78, 5) is 39.6. The summed E-state index contributed by atoms with van der Waals surface area (Å²) in [6, 6.07) is 15.6. The number of anilines is 2. The average Bonchev–Trinajstić information content (AvgIpc) is 3.10. The van der Waals surface area contributed by atoms with Crippen LogP contribution in [0.5, 0.6) is 5.75 Å². The Morgan fingerprint density at radius 3 is 2.39 bits per heavy atom. The first-order valence-electron chi connectivity index (χ1n) is 9.82. The lowest BCUT2D eigenvalue weighted by Gasteiger charge is -2.12. The minimum Gasteiger partial charge on any atom is -0.497 e. The van der Waals surface area contributed by atoms with Crippen LogP contribution in [0.2, 0.25) is 0 Å². The maximum atomic E-state index is 12.8. The summed E-state index contributed by atoms with van der Waals surface area (Å²) in [6.45, 7) is 3.86. The number of carbonyl (C=O) groups is 3. The van der Waals surface area contributed by atoms with Gasteiger partial charge in [-0.05, 0) is 44.2 Å². The number of para-hydroxylation sites is 1. The number of nitrogens with one attached hydrogen (secondary N) is 2. The van der Waals surface area contributed by atoms with Crippen molar-refractivity contribution in [3.05, 3.63) is 75.5 Å². The molecule has 0 spiro atoms. The van der Waals surface area contributed by atoms with Gasteiger partial charge in [0.05, 0.1) is 18.4 Å².